The van der Waals surface area contributed by atoms with E-state index in [0.29, 0.717) is 6.42 Å². The molecule has 0 saturated heterocycles. The second-order valence-corrected chi connectivity index (χ2v) is 4.94. The van der Waals surface area contributed by atoms with Crippen LogP contribution in [0.5, 0.6) is 0 Å². The molecule has 2 aromatic heterocycles. The molecule has 0 bridgehead atoms. The van der Waals surface area contributed by atoms with Crippen LogP contribution in [-0.2, 0) is 6.54 Å². The lowest BCUT2D eigenvalue weighted by Gasteiger charge is -2.02. The summed E-state index contributed by atoms with van der Waals surface area (Å²) in [6.45, 7) is 5.61. The highest BCUT2D eigenvalue weighted by molar-refractivity contribution is 7.17. The van der Waals surface area contributed by atoms with Gasteiger partial charge in [0.25, 0.3) is 0 Å². The minimum atomic E-state index is 0.545. The van der Waals surface area contributed by atoms with Gasteiger partial charge in [0.15, 0.2) is 4.96 Å². The molecule has 0 radical (unpaired) electrons. The Bertz CT molecular complexity index is 532. The molecule has 0 unspecified atom stereocenters. The second-order valence-electron chi connectivity index (χ2n) is 3.72. The van der Waals surface area contributed by atoms with Crippen LogP contribution >= 0.6 is 11.3 Å². The molecule has 2 aromatic rings. The number of imidazole rings is 1. The molecule has 4 nitrogen and oxygen atoms in total. The fourth-order valence-corrected chi connectivity index (χ4v) is 2.56. The molecule has 0 fully saturated rings. The fourth-order valence-electron chi connectivity index (χ4n) is 1.67. The Kier molecular flexibility index (Phi) is 3.22. The summed E-state index contributed by atoms with van der Waals surface area (Å²) in [5, 5.41) is 11.7. The topological polar surface area (TPSA) is 53.1 Å². The van der Waals surface area contributed by atoms with Gasteiger partial charge in [-0.15, -0.1) is 11.3 Å². The molecule has 5 heteroatoms. The molecular weight excluding hydrogens is 220 g/mol. The number of aryl methyl sites for hydroxylation is 2. The summed E-state index contributed by atoms with van der Waals surface area (Å²) in [5.41, 5.74) is 2.26. The average molecular weight is 234 g/mol. The van der Waals surface area contributed by atoms with Crippen molar-refractivity contribution in [2.45, 2.75) is 26.8 Å². The predicted molar refractivity (Wildman–Crippen MR) is 64.5 cm³/mol. The van der Waals surface area contributed by atoms with E-state index < -0.39 is 0 Å². The van der Waals surface area contributed by atoms with Crippen LogP contribution in [-0.4, -0.2) is 15.9 Å². The highest BCUT2D eigenvalue weighted by Crippen LogP contribution is 2.20. The first kappa shape index (κ1) is 11.1. The van der Waals surface area contributed by atoms with Crippen molar-refractivity contribution >= 4 is 16.3 Å². The highest BCUT2D eigenvalue weighted by Gasteiger charge is 2.09. The zero-order chi connectivity index (χ0) is 11.5. The Morgan fingerprint density at radius 3 is 3.12 bits per heavy atom. The first-order valence-electron chi connectivity index (χ1n) is 5.24. The van der Waals surface area contributed by atoms with Gasteiger partial charge in [-0.1, -0.05) is 0 Å². The molecule has 0 spiro atoms. The number of hydrogen-bond acceptors (Lipinski definition) is 4. The van der Waals surface area contributed by atoms with E-state index in [4.69, 9.17) is 5.26 Å². The van der Waals surface area contributed by atoms with Crippen molar-refractivity contribution in [2.75, 3.05) is 6.54 Å². The van der Waals surface area contributed by atoms with Crippen LogP contribution in [0.3, 0.4) is 0 Å². The molecule has 0 amide bonds. The van der Waals surface area contributed by atoms with Gasteiger partial charge in [0.05, 0.1) is 17.5 Å². The molecule has 0 atom stereocenters. The molecule has 2 rings (SSSR count). The van der Waals surface area contributed by atoms with Crippen molar-refractivity contribution in [3.05, 3.63) is 22.5 Å². The van der Waals surface area contributed by atoms with E-state index in [9.17, 15) is 0 Å². The van der Waals surface area contributed by atoms with Crippen LogP contribution in [0.15, 0.2) is 6.20 Å². The molecule has 84 valence electrons. The molecule has 16 heavy (non-hydrogen) atoms. The highest BCUT2D eigenvalue weighted by atomic mass is 32.1. The third-order valence-electron chi connectivity index (χ3n) is 2.45. The molecule has 0 aliphatic heterocycles. The van der Waals surface area contributed by atoms with Crippen LogP contribution in [0, 0.1) is 25.2 Å². The third kappa shape index (κ3) is 2.08. The van der Waals surface area contributed by atoms with Gasteiger partial charge in [-0.25, -0.2) is 4.98 Å². The first-order valence-corrected chi connectivity index (χ1v) is 6.05. The summed E-state index contributed by atoms with van der Waals surface area (Å²) in [7, 11) is 0. The number of nitriles is 1. The van der Waals surface area contributed by atoms with Gasteiger partial charge in [-0.05, 0) is 13.8 Å². The van der Waals surface area contributed by atoms with Crippen LogP contribution < -0.4 is 5.32 Å². The van der Waals surface area contributed by atoms with E-state index in [1.807, 2.05) is 6.92 Å². The van der Waals surface area contributed by atoms with Gasteiger partial charge in [0.2, 0.25) is 0 Å². The Balaban J connectivity index is 2.15. The van der Waals surface area contributed by atoms with Crippen molar-refractivity contribution < 1.29 is 0 Å². The molecule has 0 aliphatic rings. The Labute approximate surface area is 98.5 Å². The van der Waals surface area contributed by atoms with Crippen molar-refractivity contribution in [3.63, 3.8) is 0 Å². The van der Waals surface area contributed by atoms with Crippen LogP contribution in [0.1, 0.15) is 22.7 Å². The fraction of sp³-hybridized carbons (Fsp3) is 0.455. The molecule has 0 saturated carbocycles. The lowest BCUT2D eigenvalue weighted by atomic mass is 10.3. The number of nitrogens with one attached hydrogen (secondary N) is 1. The minimum Gasteiger partial charge on any atom is -0.310 e. The maximum atomic E-state index is 8.45. The second kappa shape index (κ2) is 4.64. The van der Waals surface area contributed by atoms with Crippen molar-refractivity contribution in [2.24, 2.45) is 0 Å². The monoisotopic (exact) mass is 234 g/mol. The Morgan fingerprint density at radius 2 is 2.38 bits per heavy atom. The number of nitrogens with zero attached hydrogens (tertiary/aromatic N) is 3. The van der Waals surface area contributed by atoms with Gasteiger partial charge in [0.1, 0.15) is 0 Å². The van der Waals surface area contributed by atoms with Gasteiger partial charge >= 0.3 is 0 Å². The van der Waals surface area contributed by atoms with E-state index in [1.54, 1.807) is 11.3 Å². The standard InChI is InChI=1S/C11H14N4S/c1-8-7-15-10(6-13-5-3-4-12)9(2)14-11(15)16-8/h7,13H,3,5-6H2,1-2H3. The molecular formula is C11H14N4S. The summed E-state index contributed by atoms with van der Waals surface area (Å²) < 4.78 is 2.13. The quantitative estimate of drug-likeness (QED) is 0.823. The van der Waals surface area contributed by atoms with Crippen LogP contribution in [0.4, 0.5) is 0 Å². The number of fused-ring (bicyclic) bond motifs is 1. The van der Waals surface area contributed by atoms with Crippen molar-refractivity contribution in [1.82, 2.24) is 14.7 Å². The lowest BCUT2D eigenvalue weighted by molar-refractivity contribution is 0.678. The first-order chi connectivity index (χ1) is 7.72. The number of hydrogen-bond donors (Lipinski definition) is 1. The van der Waals surface area contributed by atoms with E-state index in [1.165, 1.54) is 10.6 Å². The van der Waals surface area contributed by atoms with E-state index in [0.717, 1.165) is 23.7 Å². The van der Waals surface area contributed by atoms with E-state index in [-0.39, 0.29) is 0 Å². The molecule has 0 aliphatic carbocycles. The number of rotatable bonds is 4. The maximum Gasteiger partial charge on any atom is 0.194 e. The summed E-state index contributed by atoms with van der Waals surface area (Å²) >= 11 is 1.70. The van der Waals surface area contributed by atoms with Gasteiger partial charge in [0, 0.05) is 30.6 Å². The van der Waals surface area contributed by atoms with Crippen LogP contribution in [0.25, 0.3) is 4.96 Å². The third-order valence-corrected chi connectivity index (χ3v) is 3.35. The summed E-state index contributed by atoms with van der Waals surface area (Å²) in [4.78, 5) is 6.82. The SMILES string of the molecule is Cc1cn2c(CNCCC#N)c(C)nc2s1. The molecule has 1 N–H and O–H groups in total. The van der Waals surface area contributed by atoms with Gasteiger partial charge in [-0.3, -0.25) is 4.40 Å². The Hall–Kier alpha value is -1.38. The van der Waals surface area contributed by atoms with Crippen LogP contribution in [0.2, 0.25) is 0 Å². The smallest absolute Gasteiger partial charge is 0.194 e. The summed E-state index contributed by atoms with van der Waals surface area (Å²) in [5.74, 6) is 0. The number of aromatic nitrogens is 2. The number of thiazole rings is 1. The Morgan fingerprint density at radius 1 is 1.56 bits per heavy atom. The summed E-state index contributed by atoms with van der Waals surface area (Å²) in [6.07, 6.45) is 2.66. The normalized spacial score (nSPS) is 10.8. The van der Waals surface area contributed by atoms with Crippen molar-refractivity contribution in [3.8, 4) is 6.07 Å². The maximum absolute atomic E-state index is 8.45. The van der Waals surface area contributed by atoms with E-state index in [2.05, 4.69) is 33.9 Å². The average Bonchev–Trinajstić information content (AvgIpc) is 2.70. The lowest BCUT2D eigenvalue weighted by Crippen LogP contribution is -2.16. The minimum absolute atomic E-state index is 0.545. The molecule has 2 heterocycles. The molecule has 0 aromatic carbocycles. The largest absolute Gasteiger partial charge is 0.310 e. The summed E-state index contributed by atoms with van der Waals surface area (Å²) in [6, 6.07) is 2.12. The predicted octanol–water partition coefficient (Wildman–Crippen LogP) is 2.02. The van der Waals surface area contributed by atoms with Crippen molar-refractivity contribution in [1.29, 1.82) is 5.26 Å². The zero-order valence-corrected chi connectivity index (χ0v) is 10.3. The van der Waals surface area contributed by atoms with E-state index >= 15 is 0 Å². The van der Waals surface area contributed by atoms with Gasteiger partial charge in [-0.2, -0.15) is 5.26 Å². The van der Waals surface area contributed by atoms with Gasteiger partial charge < -0.3 is 5.32 Å². The zero-order valence-electron chi connectivity index (χ0n) is 9.45.